The van der Waals surface area contributed by atoms with Crippen LogP contribution in [-0.2, 0) is 4.74 Å². The van der Waals surface area contributed by atoms with Gasteiger partial charge in [-0.3, -0.25) is 0 Å². The molecule has 0 aromatic carbocycles. The second kappa shape index (κ2) is 9.09. The monoisotopic (exact) mass is 355 g/mol. The molecule has 4 unspecified atom stereocenters. The average molecular weight is 356 g/mol. The first-order chi connectivity index (χ1) is 12.5. The SMILES string of the molecule is C=C/C=C(C)\C(=C\C)OC(O)C1C(=C)/C(=C\C=C)N(C)C2CCCCC12. The predicted octanol–water partition coefficient (Wildman–Crippen LogP) is 5.10. The number of hydrogen-bond acceptors (Lipinski definition) is 3. The number of piperidine rings is 1. The molecule has 2 rings (SSSR count). The molecular formula is C23H33NO2. The Hall–Kier alpha value is -2.00. The number of hydrogen-bond donors (Lipinski definition) is 1. The van der Waals surface area contributed by atoms with Gasteiger partial charge < -0.3 is 14.7 Å². The fourth-order valence-corrected chi connectivity index (χ4v) is 4.44. The molecule has 1 N–H and O–H groups in total. The lowest BCUT2D eigenvalue weighted by molar-refractivity contribution is -0.122. The molecule has 3 heteroatoms. The second-order valence-electron chi connectivity index (χ2n) is 7.21. The Morgan fingerprint density at radius 1 is 1.27 bits per heavy atom. The van der Waals surface area contributed by atoms with Gasteiger partial charge in [-0.25, -0.2) is 0 Å². The summed E-state index contributed by atoms with van der Waals surface area (Å²) in [6.07, 6.45) is 13.0. The number of allylic oxidation sites excluding steroid dienone is 7. The van der Waals surface area contributed by atoms with Crippen molar-refractivity contribution in [3.05, 3.63) is 72.7 Å². The maximum absolute atomic E-state index is 11.0. The summed E-state index contributed by atoms with van der Waals surface area (Å²) in [5, 5.41) is 11.0. The van der Waals surface area contributed by atoms with Crippen molar-refractivity contribution in [3.8, 4) is 0 Å². The highest BCUT2D eigenvalue weighted by molar-refractivity contribution is 5.37. The third-order valence-electron chi connectivity index (χ3n) is 5.70. The van der Waals surface area contributed by atoms with Gasteiger partial charge in [-0.2, -0.15) is 0 Å². The first kappa shape index (κ1) is 20.3. The zero-order valence-electron chi connectivity index (χ0n) is 16.4. The lowest BCUT2D eigenvalue weighted by Gasteiger charge is -2.50. The standard InChI is InChI=1S/C23H33NO2/c1-7-12-16(4)21(9-3)26-23(25)22-17(5)19(13-8-2)24(6)20-15-11-10-14-18(20)22/h7-9,12-13,18,20,22-23,25H,1-2,5,10-11,14-15H2,3-4,6H3/b16-12-,19-13+,21-9-. The summed E-state index contributed by atoms with van der Waals surface area (Å²) in [6, 6.07) is 0.405. The Morgan fingerprint density at radius 2 is 1.96 bits per heavy atom. The highest BCUT2D eigenvalue weighted by Crippen LogP contribution is 2.46. The van der Waals surface area contributed by atoms with Crippen LogP contribution >= 0.6 is 0 Å². The third-order valence-corrected chi connectivity index (χ3v) is 5.70. The Kier molecular flexibility index (Phi) is 7.10. The van der Waals surface area contributed by atoms with E-state index in [-0.39, 0.29) is 5.92 Å². The molecule has 1 heterocycles. The van der Waals surface area contributed by atoms with E-state index in [9.17, 15) is 5.11 Å². The summed E-state index contributed by atoms with van der Waals surface area (Å²) in [7, 11) is 2.13. The van der Waals surface area contributed by atoms with Crippen LogP contribution in [0.15, 0.2) is 72.7 Å². The van der Waals surface area contributed by atoms with Crippen LogP contribution in [0.2, 0.25) is 0 Å². The van der Waals surface area contributed by atoms with E-state index in [0.29, 0.717) is 17.7 Å². The van der Waals surface area contributed by atoms with Crippen molar-refractivity contribution in [3.63, 3.8) is 0 Å². The fourth-order valence-electron chi connectivity index (χ4n) is 4.44. The first-order valence-corrected chi connectivity index (χ1v) is 9.51. The van der Waals surface area contributed by atoms with E-state index in [1.807, 2.05) is 32.1 Å². The molecule has 1 saturated heterocycles. The van der Waals surface area contributed by atoms with Gasteiger partial charge in [-0.15, -0.1) is 0 Å². The summed E-state index contributed by atoms with van der Waals surface area (Å²) in [4.78, 5) is 2.32. The van der Waals surface area contributed by atoms with Crippen LogP contribution in [0.25, 0.3) is 0 Å². The van der Waals surface area contributed by atoms with Crippen LogP contribution in [-0.4, -0.2) is 29.4 Å². The molecule has 0 aromatic rings. The van der Waals surface area contributed by atoms with Gasteiger partial charge >= 0.3 is 0 Å². The molecule has 4 atom stereocenters. The molecule has 0 amide bonds. The molecule has 0 radical (unpaired) electrons. The largest absolute Gasteiger partial charge is 0.465 e. The van der Waals surface area contributed by atoms with Crippen molar-refractivity contribution in [1.82, 2.24) is 4.90 Å². The minimum absolute atomic E-state index is 0.116. The molecular weight excluding hydrogens is 322 g/mol. The van der Waals surface area contributed by atoms with E-state index < -0.39 is 6.29 Å². The first-order valence-electron chi connectivity index (χ1n) is 9.51. The molecule has 0 spiro atoms. The molecule has 2 fully saturated rings. The minimum Gasteiger partial charge on any atom is -0.465 e. The van der Waals surface area contributed by atoms with Crippen molar-refractivity contribution in [2.75, 3.05) is 7.05 Å². The molecule has 1 aliphatic carbocycles. The summed E-state index contributed by atoms with van der Waals surface area (Å²) < 4.78 is 6.00. The van der Waals surface area contributed by atoms with Crippen LogP contribution in [0, 0.1) is 11.8 Å². The summed E-state index contributed by atoms with van der Waals surface area (Å²) >= 11 is 0. The summed E-state index contributed by atoms with van der Waals surface area (Å²) in [5.41, 5.74) is 2.93. The Labute approximate surface area is 158 Å². The van der Waals surface area contributed by atoms with E-state index in [0.717, 1.165) is 29.7 Å². The van der Waals surface area contributed by atoms with E-state index in [2.05, 4.69) is 31.7 Å². The molecule has 0 bridgehead atoms. The van der Waals surface area contributed by atoms with Gasteiger partial charge in [0, 0.05) is 18.8 Å². The zero-order valence-corrected chi connectivity index (χ0v) is 16.4. The normalized spacial score (nSPS) is 30.0. The van der Waals surface area contributed by atoms with Gasteiger partial charge in [0.15, 0.2) is 0 Å². The average Bonchev–Trinajstić information content (AvgIpc) is 2.63. The van der Waals surface area contributed by atoms with Crippen LogP contribution in [0.1, 0.15) is 39.5 Å². The summed E-state index contributed by atoms with van der Waals surface area (Å²) in [6.45, 7) is 15.8. The van der Waals surface area contributed by atoms with E-state index in [1.54, 1.807) is 12.2 Å². The number of likely N-dealkylation sites (tertiary alicyclic amines) is 1. The lowest BCUT2D eigenvalue weighted by Crippen LogP contribution is -2.51. The molecule has 142 valence electrons. The molecule has 1 saturated carbocycles. The maximum Gasteiger partial charge on any atom is 0.204 e. The second-order valence-corrected chi connectivity index (χ2v) is 7.21. The van der Waals surface area contributed by atoms with Crippen molar-refractivity contribution >= 4 is 0 Å². The Balaban J connectivity index is 2.32. The number of ether oxygens (including phenoxy) is 1. The number of nitrogens with zero attached hydrogens (tertiary/aromatic N) is 1. The third kappa shape index (κ3) is 4.04. The van der Waals surface area contributed by atoms with Crippen LogP contribution in [0.3, 0.4) is 0 Å². The summed E-state index contributed by atoms with van der Waals surface area (Å²) in [5.74, 6) is 0.917. The highest BCUT2D eigenvalue weighted by Gasteiger charge is 2.45. The van der Waals surface area contributed by atoms with Gasteiger partial charge in [-0.05, 0) is 55.9 Å². The number of aliphatic hydroxyl groups is 1. The minimum atomic E-state index is -0.922. The van der Waals surface area contributed by atoms with Crippen molar-refractivity contribution < 1.29 is 9.84 Å². The van der Waals surface area contributed by atoms with Crippen molar-refractivity contribution in [1.29, 1.82) is 0 Å². The Bertz CT molecular complexity index is 641. The van der Waals surface area contributed by atoms with Crippen molar-refractivity contribution in [2.24, 2.45) is 11.8 Å². The highest BCUT2D eigenvalue weighted by atomic mass is 16.6. The number of fused-ring (bicyclic) bond motifs is 1. The topological polar surface area (TPSA) is 32.7 Å². The number of aliphatic hydroxyl groups excluding tert-OH is 1. The molecule has 1 aliphatic heterocycles. The number of rotatable bonds is 6. The molecule has 0 aromatic heterocycles. The van der Waals surface area contributed by atoms with Gasteiger partial charge in [0.2, 0.25) is 6.29 Å². The Morgan fingerprint density at radius 3 is 2.58 bits per heavy atom. The van der Waals surface area contributed by atoms with Crippen LogP contribution in [0.4, 0.5) is 0 Å². The van der Waals surface area contributed by atoms with Crippen molar-refractivity contribution in [2.45, 2.75) is 51.9 Å². The van der Waals surface area contributed by atoms with Gasteiger partial charge in [0.25, 0.3) is 0 Å². The molecule has 3 nitrogen and oxygen atoms in total. The van der Waals surface area contributed by atoms with E-state index >= 15 is 0 Å². The van der Waals surface area contributed by atoms with E-state index in [1.165, 1.54) is 12.8 Å². The molecule has 26 heavy (non-hydrogen) atoms. The van der Waals surface area contributed by atoms with Gasteiger partial charge in [0.05, 0.1) is 5.92 Å². The quantitative estimate of drug-likeness (QED) is 0.408. The van der Waals surface area contributed by atoms with Crippen LogP contribution < -0.4 is 0 Å². The van der Waals surface area contributed by atoms with E-state index in [4.69, 9.17) is 4.74 Å². The predicted molar refractivity (Wildman–Crippen MR) is 109 cm³/mol. The fraction of sp³-hybridized carbons (Fsp3) is 0.478. The van der Waals surface area contributed by atoms with Gasteiger partial charge in [-0.1, -0.05) is 50.8 Å². The zero-order chi connectivity index (χ0) is 19.3. The molecule has 2 aliphatic rings. The lowest BCUT2D eigenvalue weighted by atomic mass is 9.69. The maximum atomic E-state index is 11.0. The van der Waals surface area contributed by atoms with Gasteiger partial charge in [0.1, 0.15) is 5.76 Å². The number of likely N-dealkylation sites (N-methyl/N-ethyl adjacent to an activating group) is 1. The van der Waals surface area contributed by atoms with Crippen LogP contribution in [0.5, 0.6) is 0 Å². The smallest absolute Gasteiger partial charge is 0.204 e.